The van der Waals surface area contributed by atoms with E-state index in [9.17, 15) is 14.4 Å². The number of likely N-dealkylation sites (N-methyl/N-ethyl adjacent to an activating group) is 1. The lowest BCUT2D eigenvalue weighted by atomic mass is 9.83. The Labute approximate surface area is 182 Å². The van der Waals surface area contributed by atoms with E-state index in [0.29, 0.717) is 6.42 Å². The SMILES string of the molecule is CCC1(c2ccccc2)NC(=O)N(CC(=O)/C=C2\N(C)c3ccccc3C2(C)C)C1=O. The molecule has 1 unspecified atom stereocenters. The van der Waals surface area contributed by atoms with E-state index in [1.807, 2.05) is 67.4 Å². The van der Waals surface area contributed by atoms with Gasteiger partial charge >= 0.3 is 6.03 Å². The molecule has 1 saturated heterocycles. The van der Waals surface area contributed by atoms with Crippen molar-refractivity contribution < 1.29 is 14.4 Å². The summed E-state index contributed by atoms with van der Waals surface area (Å²) >= 11 is 0. The zero-order valence-electron chi connectivity index (χ0n) is 18.3. The van der Waals surface area contributed by atoms with Crippen LogP contribution in [-0.4, -0.2) is 36.2 Å². The van der Waals surface area contributed by atoms with Crippen molar-refractivity contribution in [1.82, 2.24) is 10.2 Å². The summed E-state index contributed by atoms with van der Waals surface area (Å²) in [6.07, 6.45) is 1.97. The molecule has 2 aliphatic rings. The lowest BCUT2D eigenvalue weighted by molar-refractivity contribution is -0.134. The van der Waals surface area contributed by atoms with Gasteiger partial charge in [-0.05, 0) is 23.6 Å². The Morgan fingerprint density at radius 2 is 1.68 bits per heavy atom. The molecule has 1 atom stereocenters. The molecule has 3 amide bonds. The van der Waals surface area contributed by atoms with E-state index in [2.05, 4.69) is 25.2 Å². The molecule has 2 aromatic carbocycles. The highest BCUT2D eigenvalue weighted by molar-refractivity contribution is 6.10. The number of hydrogen-bond donors (Lipinski definition) is 1. The van der Waals surface area contributed by atoms with Crippen LogP contribution in [0.2, 0.25) is 0 Å². The van der Waals surface area contributed by atoms with Crippen LogP contribution in [0.5, 0.6) is 0 Å². The van der Waals surface area contributed by atoms with Gasteiger partial charge < -0.3 is 10.2 Å². The van der Waals surface area contributed by atoms with Gasteiger partial charge in [-0.2, -0.15) is 0 Å². The highest BCUT2D eigenvalue weighted by Crippen LogP contribution is 2.46. The first-order valence-electron chi connectivity index (χ1n) is 10.5. The van der Waals surface area contributed by atoms with E-state index >= 15 is 0 Å². The second-order valence-corrected chi connectivity index (χ2v) is 8.64. The van der Waals surface area contributed by atoms with Gasteiger partial charge in [0, 0.05) is 29.9 Å². The fourth-order valence-electron chi connectivity index (χ4n) is 4.74. The van der Waals surface area contributed by atoms with Crippen LogP contribution in [0.1, 0.15) is 38.3 Å². The summed E-state index contributed by atoms with van der Waals surface area (Å²) in [7, 11) is 1.93. The van der Waals surface area contributed by atoms with Gasteiger partial charge in [-0.1, -0.05) is 69.3 Å². The molecule has 0 radical (unpaired) electrons. The first kappa shape index (κ1) is 20.8. The van der Waals surface area contributed by atoms with Crippen LogP contribution in [0, 0.1) is 0 Å². The number of carbonyl (C=O) groups excluding carboxylic acids is 3. The van der Waals surface area contributed by atoms with Crippen LogP contribution in [0.4, 0.5) is 10.5 Å². The van der Waals surface area contributed by atoms with Crippen molar-refractivity contribution >= 4 is 23.4 Å². The van der Waals surface area contributed by atoms with Gasteiger partial charge in [0.05, 0.1) is 6.54 Å². The fourth-order valence-corrected chi connectivity index (χ4v) is 4.74. The minimum absolute atomic E-state index is 0.286. The van der Waals surface area contributed by atoms with Crippen molar-refractivity contribution in [1.29, 1.82) is 0 Å². The second kappa shape index (κ2) is 7.38. The summed E-state index contributed by atoms with van der Waals surface area (Å²) in [6.45, 7) is 5.70. The van der Waals surface area contributed by atoms with Gasteiger partial charge in [-0.15, -0.1) is 0 Å². The van der Waals surface area contributed by atoms with Gasteiger partial charge in [0.1, 0.15) is 5.54 Å². The molecule has 31 heavy (non-hydrogen) atoms. The summed E-state index contributed by atoms with van der Waals surface area (Å²) in [4.78, 5) is 42.0. The Balaban J connectivity index is 1.60. The molecule has 6 heteroatoms. The molecule has 2 aromatic rings. The van der Waals surface area contributed by atoms with Crippen LogP contribution >= 0.6 is 0 Å². The van der Waals surface area contributed by atoms with Crippen LogP contribution in [0.3, 0.4) is 0 Å². The van der Waals surface area contributed by atoms with E-state index in [1.54, 1.807) is 6.08 Å². The number of para-hydroxylation sites is 1. The summed E-state index contributed by atoms with van der Waals surface area (Å²) in [5.41, 5.74) is 2.27. The molecule has 0 aliphatic carbocycles. The predicted molar refractivity (Wildman–Crippen MR) is 120 cm³/mol. The smallest absolute Gasteiger partial charge is 0.325 e. The van der Waals surface area contributed by atoms with Crippen molar-refractivity contribution in [3.63, 3.8) is 0 Å². The van der Waals surface area contributed by atoms with E-state index in [0.717, 1.165) is 27.4 Å². The molecule has 2 aliphatic heterocycles. The Hall–Kier alpha value is -3.41. The van der Waals surface area contributed by atoms with Crippen LogP contribution in [0.25, 0.3) is 0 Å². The predicted octanol–water partition coefficient (Wildman–Crippen LogP) is 3.72. The van der Waals surface area contributed by atoms with Crippen molar-refractivity contribution in [3.8, 4) is 0 Å². The number of hydrogen-bond acceptors (Lipinski definition) is 4. The van der Waals surface area contributed by atoms with E-state index in [1.165, 1.54) is 0 Å². The molecular weight excluding hydrogens is 390 g/mol. The van der Waals surface area contributed by atoms with Crippen LogP contribution in [0.15, 0.2) is 66.4 Å². The number of amides is 3. The number of anilines is 1. The maximum atomic E-state index is 13.3. The van der Waals surface area contributed by atoms with E-state index < -0.39 is 11.6 Å². The number of ketones is 1. The molecule has 1 N–H and O–H groups in total. The molecule has 1 fully saturated rings. The second-order valence-electron chi connectivity index (χ2n) is 8.64. The lowest BCUT2D eigenvalue weighted by Gasteiger charge is -2.26. The standard InChI is InChI=1S/C25H27N3O3/c1-5-25(17-11-7-6-8-12-17)22(30)28(23(31)26-25)16-18(29)15-21-24(2,3)19-13-9-10-14-20(19)27(21)4/h6-15H,5,16H2,1-4H3,(H,26,31)/b21-15-. The normalized spacial score (nSPS) is 23.3. The number of nitrogens with one attached hydrogen (secondary N) is 1. The average Bonchev–Trinajstić information content (AvgIpc) is 3.12. The third-order valence-electron chi connectivity index (χ3n) is 6.52. The number of nitrogens with zero attached hydrogens (tertiary/aromatic N) is 2. The minimum Gasteiger partial charge on any atom is -0.347 e. The third kappa shape index (κ3) is 3.14. The molecule has 0 saturated carbocycles. The molecule has 6 nitrogen and oxygen atoms in total. The molecule has 0 spiro atoms. The molecule has 0 bridgehead atoms. The van der Waals surface area contributed by atoms with E-state index in [4.69, 9.17) is 0 Å². The summed E-state index contributed by atoms with van der Waals surface area (Å²) in [5, 5.41) is 2.83. The number of carbonyl (C=O) groups is 3. The van der Waals surface area contributed by atoms with Gasteiger partial charge in [-0.25, -0.2) is 4.79 Å². The summed E-state index contributed by atoms with van der Waals surface area (Å²) in [5.74, 6) is -0.675. The number of fused-ring (bicyclic) bond motifs is 1. The number of benzene rings is 2. The van der Waals surface area contributed by atoms with Crippen molar-refractivity contribution in [2.24, 2.45) is 0 Å². The Morgan fingerprint density at radius 1 is 1.03 bits per heavy atom. The van der Waals surface area contributed by atoms with Gasteiger partial charge in [0.2, 0.25) is 0 Å². The van der Waals surface area contributed by atoms with Gasteiger partial charge in [0.25, 0.3) is 5.91 Å². The van der Waals surface area contributed by atoms with Gasteiger partial charge in [0.15, 0.2) is 5.78 Å². The Morgan fingerprint density at radius 3 is 2.32 bits per heavy atom. The van der Waals surface area contributed by atoms with Gasteiger partial charge in [-0.3, -0.25) is 14.5 Å². The third-order valence-corrected chi connectivity index (χ3v) is 6.52. The van der Waals surface area contributed by atoms with Crippen LogP contribution < -0.4 is 10.2 Å². The zero-order chi connectivity index (χ0) is 22.4. The molecule has 4 rings (SSSR count). The van der Waals surface area contributed by atoms with Crippen molar-refractivity contribution in [3.05, 3.63) is 77.5 Å². The first-order chi connectivity index (χ1) is 14.7. The zero-order valence-corrected chi connectivity index (χ0v) is 18.3. The van der Waals surface area contributed by atoms with Crippen LogP contribution in [-0.2, 0) is 20.5 Å². The average molecular weight is 418 g/mol. The quantitative estimate of drug-likeness (QED) is 0.595. The molecule has 0 aromatic heterocycles. The number of rotatable bonds is 5. The lowest BCUT2D eigenvalue weighted by Crippen LogP contribution is -2.43. The Kier molecular flexibility index (Phi) is 4.96. The number of imide groups is 1. The molecule has 160 valence electrons. The number of urea groups is 1. The molecule has 2 heterocycles. The maximum Gasteiger partial charge on any atom is 0.325 e. The largest absolute Gasteiger partial charge is 0.347 e. The highest BCUT2D eigenvalue weighted by atomic mass is 16.2. The fraction of sp³-hybridized carbons (Fsp3) is 0.320. The monoisotopic (exact) mass is 417 g/mol. The first-order valence-corrected chi connectivity index (χ1v) is 10.5. The maximum absolute atomic E-state index is 13.3. The van der Waals surface area contributed by atoms with Crippen molar-refractivity contribution in [2.75, 3.05) is 18.5 Å². The minimum atomic E-state index is -1.13. The Bertz CT molecular complexity index is 1090. The molecular formula is C25H27N3O3. The topological polar surface area (TPSA) is 69.7 Å². The summed E-state index contributed by atoms with van der Waals surface area (Å²) in [6, 6.07) is 16.7. The highest BCUT2D eigenvalue weighted by Gasteiger charge is 2.51. The summed E-state index contributed by atoms with van der Waals surface area (Å²) < 4.78 is 0. The number of allylic oxidation sites excluding steroid dienone is 1. The van der Waals surface area contributed by atoms with E-state index in [-0.39, 0.29) is 23.7 Å². The van der Waals surface area contributed by atoms with Crippen molar-refractivity contribution in [2.45, 2.75) is 38.1 Å².